The van der Waals surface area contributed by atoms with Crippen molar-refractivity contribution < 1.29 is 26.3 Å². The van der Waals surface area contributed by atoms with Gasteiger partial charge in [-0.1, -0.05) is 64.1 Å². The first-order valence-electron chi connectivity index (χ1n) is 12.8. The lowest BCUT2D eigenvalue weighted by Gasteiger charge is -2.22. The number of allylic oxidation sites excluding steroid dienone is 2. The molecule has 1 N–H and O–H groups in total. The minimum absolute atomic E-state index is 0.132. The number of alkyl halides is 5. The van der Waals surface area contributed by atoms with E-state index in [0.717, 1.165) is 32.0 Å². The van der Waals surface area contributed by atoms with Crippen molar-refractivity contribution in [2.24, 2.45) is 5.92 Å². The zero-order valence-corrected chi connectivity index (χ0v) is 23.8. The molecule has 212 valence electrons. The molecule has 1 fully saturated rings. The number of hydrogen-bond donors (Lipinski definition) is 1. The fraction of sp³-hybridized carbons (Fsp3) is 0.467. The van der Waals surface area contributed by atoms with Gasteiger partial charge < -0.3 is 0 Å². The maximum atomic E-state index is 15.1. The minimum Gasteiger partial charge on any atom is -0.257 e. The lowest BCUT2D eigenvalue weighted by atomic mass is 9.91. The van der Waals surface area contributed by atoms with Crippen LogP contribution in [-0.2, 0) is 6.05 Å². The third-order valence-electron chi connectivity index (χ3n) is 6.21. The first-order chi connectivity index (χ1) is 17.7. The van der Waals surface area contributed by atoms with Crippen LogP contribution >= 0.6 is 11.6 Å². The van der Waals surface area contributed by atoms with E-state index in [2.05, 4.69) is 6.58 Å². The van der Waals surface area contributed by atoms with E-state index in [9.17, 15) is 22.0 Å². The fourth-order valence-electron chi connectivity index (χ4n) is 3.82. The van der Waals surface area contributed by atoms with E-state index in [0.29, 0.717) is 35.1 Å². The quantitative estimate of drug-likeness (QED) is 0.250. The third-order valence-corrected chi connectivity index (χ3v) is 6.60. The van der Waals surface area contributed by atoms with Crippen LogP contribution in [-0.4, -0.2) is 13.2 Å². The van der Waals surface area contributed by atoms with Gasteiger partial charge in [-0.2, -0.15) is 22.0 Å². The SMILES string of the molecule is C=C(CC1CC1)c1ccc(/C(F)=C/C(c2cc(C)c(C)c(Cl)c2)C(F)(F)F)cc1C(F)(F)NC.CC.CC. The molecule has 0 amide bonds. The maximum Gasteiger partial charge on any atom is 0.399 e. The van der Waals surface area contributed by atoms with Crippen LogP contribution in [0.25, 0.3) is 11.4 Å². The van der Waals surface area contributed by atoms with E-state index >= 15 is 4.39 Å². The molecule has 38 heavy (non-hydrogen) atoms. The zero-order valence-electron chi connectivity index (χ0n) is 23.1. The Bertz CT molecular complexity index is 1090. The summed E-state index contributed by atoms with van der Waals surface area (Å²) in [5.41, 5.74) is 0.664. The van der Waals surface area contributed by atoms with Gasteiger partial charge >= 0.3 is 12.2 Å². The summed E-state index contributed by atoms with van der Waals surface area (Å²) in [4.78, 5) is 0. The highest BCUT2D eigenvalue weighted by Gasteiger charge is 2.40. The number of hydrogen-bond acceptors (Lipinski definition) is 1. The molecule has 0 spiro atoms. The highest BCUT2D eigenvalue weighted by atomic mass is 35.5. The molecule has 0 aromatic heterocycles. The Balaban J connectivity index is 0.00000172. The number of rotatable bonds is 8. The molecule has 1 nitrogen and oxygen atoms in total. The summed E-state index contributed by atoms with van der Waals surface area (Å²) in [7, 11) is 1.05. The van der Waals surface area contributed by atoms with E-state index in [1.54, 1.807) is 13.8 Å². The van der Waals surface area contributed by atoms with E-state index < -0.39 is 29.5 Å². The molecule has 8 heteroatoms. The number of benzene rings is 2. The summed E-state index contributed by atoms with van der Waals surface area (Å²) >= 11 is 6.06. The molecule has 0 saturated heterocycles. The molecule has 2 aromatic rings. The average molecular weight is 562 g/mol. The molecule has 1 saturated carbocycles. The fourth-order valence-corrected chi connectivity index (χ4v) is 4.10. The lowest BCUT2D eigenvalue weighted by molar-refractivity contribution is -0.139. The number of halogens is 7. The van der Waals surface area contributed by atoms with Gasteiger partial charge in [-0.3, -0.25) is 5.32 Å². The summed E-state index contributed by atoms with van der Waals surface area (Å²) in [6.07, 6.45) is -1.90. The van der Waals surface area contributed by atoms with Crippen molar-refractivity contribution in [2.45, 2.75) is 78.9 Å². The number of aryl methyl sites for hydroxylation is 1. The van der Waals surface area contributed by atoms with Gasteiger partial charge in [0.25, 0.3) is 0 Å². The van der Waals surface area contributed by atoms with Gasteiger partial charge in [-0.15, -0.1) is 0 Å². The van der Waals surface area contributed by atoms with Crippen molar-refractivity contribution in [1.82, 2.24) is 5.32 Å². The van der Waals surface area contributed by atoms with Gasteiger partial charge in [0, 0.05) is 16.1 Å². The van der Waals surface area contributed by atoms with Crippen LogP contribution in [0.2, 0.25) is 5.02 Å². The molecule has 1 aliphatic carbocycles. The van der Waals surface area contributed by atoms with E-state index in [4.69, 9.17) is 11.6 Å². The first kappa shape index (κ1) is 33.8. The molecular weight excluding hydrogens is 524 g/mol. The molecule has 0 aliphatic heterocycles. The summed E-state index contributed by atoms with van der Waals surface area (Å²) in [6, 6.07) is 2.31. The molecular formula is C30H38ClF6N. The zero-order chi connectivity index (χ0) is 29.4. The van der Waals surface area contributed by atoms with Crippen LogP contribution < -0.4 is 5.32 Å². The minimum atomic E-state index is -4.82. The van der Waals surface area contributed by atoms with Gasteiger partial charge in [0.15, 0.2) is 0 Å². The second-order valence-electron chi connectivity index (χ2n) is 8.81. The third kappa shape index (κ3) is 8.63. The molecule has 0 radical (unpaired) electrons. The molecule has 3 rings (SSSR count). The predicted octanol–water partition coefficient (Wildman–Crippen LogP) is 10.7. The Labute approximate surface area is 228 Å². The van der Waals surface area contributed by atoms with E-state index in [1.165, 1.54) is 18.2 Å². The molecule has 1 atom stereocenters. The number of nitrogens with one attached hydrogen (secondary N) is 1. The van der Waals surface area contributed by atoms with E-state index in [-0.39, 0.29) is 21.7 Å². The second-order valence-corrected chi connectivity index (χ2v) is 9.22. The van der Waals surface area contributed by atoms with Crippen molar-refractivity contribution in [3.63, 3.8) is 0 Å². The van der Waals surface area contributed by atoms with Gasteiger partial charge in [0.05, 0.1) is 0 Å². The maximum absolute atomic E-state index is 15.1. The van der Waals surface area contributed by atoms with Crippen molar-refractivity contribution in [3.8, 4) is 0 Å². The Morgan fingerprint density at radius 1 is 1.05 bits per heavy atom. The van der Waals surface area contributed by atoms with Gasteiger partial charge in [0.1, 0.15) is 11.7 Å². The highest BCUT2D eigenvalue weighted by molar-refractivity contribution is 6.31. The predicted molar refractivity (Wildman–Crippen MR) is 147 cm³/mol. The normalized spacial score (nSPS) is 14.6. The molecule has 1 unspecified atom stereocenters. The molecule has 2 aromatic carbocycles. The summed E-state index contributed by atoms with van der Waals surface area (Å²) in [5.74, 6) is -3.18. The molecule has 0 bridgehead atoms. The molecule has 0 heterocycles. The van der Waals surface area contributed by atoms with Crippen LogP contribution in [0.1, 0.15) is 86.3 Å². The lowest BCUT2D eigenvalue weighted by Crippen LogP contribution is -2.31. The second kappa shape index (κ2) is 14.2. The van der Waals surface area contributed by atoms with E-state index in [1.807, 2.05) is 33.0 Å². The van der Waals surface area contributed by atoms with Crippen LogP contribution in [0.4, 0.5) is 26.3 Å². The van der Waals surface area contributed by atoms with Crippen LogP contribution in [0.3, 0.4) is 0 Å². The van der Waals surface area contributed by atoms with Gasteiger partial charge in [-0.05, 0) is 92.1 Å². The van der Waals surface area contributed by atoms with Gasteiger partial charge in [0.2, 0.25) is 0 Å². The van der Waals surface area contributed by atoms with Crippen molar-refractivity contribution in [3.05, 3.63) is 81.4 Å². The Morgan fingerprint density at radius 2 is 1.63 bits per heavy atom. The van der Waals surface area contributed by atoms with Crippen molar-refractivity contribution in [1.29, 1.82) is 0 Å². The smallest absolute Gasteiger partial charge is 0.257 e. The standard InChI is InChI=1S/C26H26ClF6N.2C2H6/c1-14-10-19(12-23(27)16(14)3)21(25(29,30)31)13-24(28)18-7-8-20(15(2)9-17-5-6-17)22(11-18)26(32,33)34-4;2*1-2/h7-8,10-13,17,21,34H,2,5-6,9H2,1,3-4H3;2*1-2H3/b24-13-;;. The van der Waals surface area contributed by atoms with Crippen molar-refractivity contribution in [2.75, 3.05) is 7.05 Å². The highest BCUT2D eigenvalue weighted by Crippen LogP contribution is 2.43. The van der Waals surface area contributed by atoms with Crippen molar-refractivity contribution >= 4 is 23.0 Å². The summed E-state index contributed by atoms with van der Waals surface area (Å²) in [5, 5.41) is 2.02. The van der Waals surface area contributed by atoms with Crippen LogP contribution in [0.15, 0.2) is 43.0 Å². The topological polar surface area (TPSA) is 12.0 Å². The average Bonchev–Trinajstić information content (AvgIpc) is 3.70. The molecule has 1 aliphatic rings. The first-order valence-corrected chi connectivity index (χ1v) is 13.2. The summed E-state index contributed by atoms with van der Waals surface area (Å²) < 4.78 is 86.1. The monoisotopic (exact) mass is 561 g/mol. The van der Waals surface area contributed by atoms with Crippen LogP contribution in [0.5, 0.6) is 0 Å². The van der Waals surface area contributed by atoms with Gasteiger partial charge in [-0.25, -0.2) is 4.39 Å². The Hall–Kier alpha value is -2.25. The van der Waals surface area contributed by atoms with Crippen LogP contribution in [0, 0.1) is 19.8 Å². The Morgan fingerprint density at radius 3 is 2.11 bits per heavy atom. The largest absolute Gasteiger partial charge is 0.399 e. The summed E-state index contributed by atoms with van der Waals surface area (Å²) in [6.45, 7) is 15.2. The Kier molecular flexibility index (Phi) is 12.6.